The maximum Gasteiger partial charge on any atom is 0.0173 e. The molecule has 0 radical (unpaired) electrons. The third kappa shape index (κ3) is 1.57. The Morgan fingerprint density at radius 3 is 2.86 bits per heavy atom. The van der Waals surface area contributed by atoms with Gasteiger partial charge in [0.05, 0.1) is 0 Å². The third-order valence-electron chi connectivity index (χ3n) is 3.35. The van der Waals surface area contributed by atoms with Gasteiger partial charge >= 0.3 is 0 Å². The minimum absolute atomic E-state index is 0.660. The fraction of sp³-hybridized carbons (Fsp3) is 0.538. The number of fused-ring (bicyclic) bond motifs is 1. The lowest BCUT2D eigenvalue weighted by molar-refractivity contribution is 0.466. The van der Waals surface area contributed by atoms with Gasteiger partial charge in [0.25, 0.3) is 0 Å². The van der Waals surface area contributed by atoms with Gasteiger partial charge in [-0.25, -0.2) is 0 Å². The Labute approximate surface area is 86.5 Å². The highest BCUT2D eigenvalue weighted by Crippen LogP contribution is 2.36. The first kappa shape index (κ1) is 9.72. The largest absolute Gasteiger partial charge is 0.316 e. The maximum absolute atomic E-state index is 3.45. The number of rotatable bonds is 3. The van der Waals surface area contributed by atoms with E-state index in [-0.39, 0.29) is 0 Å². The molecule has 0 saturated carbocycles. The van der Waals surface area contributed by atoms with Gasteiger partial charge in [-0.3, -0.25) is 0 Å². The molecule has 1 nitrogen and oxygen atoms in total. The van der Waals surface area contributed by atoms with Crippen LogP contribution in [-0.4, -0.2) is 13.1 Å². The molecule has 0 bridgehead atoms. The Morgan fingerprint density at radius 1 is 1.36 bits per heavy atom. The monoisotopic (exact) mass is 189 g/mol. The van der Waals surface area contributed by atoms with E-state index < -0.39 is 0 Å². The molecule has 1 aliphatic carbocycles. The van der Waals surface area contributed by atoms with Crippen molar-refractivity contribution in [3.63, 3.8) is 0 Å². The Bertz CT molecular complexity index is 306. The van der Waals surface area contributed by atoms with Crippen LogP contribution in [-0.2, 0) is 6.42 Å². The van der Waals surface area contributed by atoms with E-state index in [1.807, 2.05) is 0 Å². The van der Waals surface area contributed by atoms with Crippen LogP contribution in [0.3, 0.4) is 0 Å². The second-order valence-electron chi connectivity index (χ2n) is 4.19. The van der Waals surface area contributed by atoms with Crippen LogP contribution < -0.4 is 5.32 Å². The van der Waals surface area contributed by atoms with Gasteiger partial charge in [-0.15, -0.1) is 0 Å². The lowest BCUT2D eigenvalue weighted by Crippen LogP contribution is -2.29. The van der Waals surface area contributed by atoms with Crippen molar-refractivity contribution in [2.75, 3.05) is 7.05 Å². The number of benzene rings is 1. The molecule has 0 spiro atoms. The predicted octanol–water partition coefficient (Wildman–Crippen LogP) is 2.71. The van der Waals surface area contributed by atoms with Gasteiger partial charge in [-0.1, -0.05) is 37.6 Å². The van der Waals surface area contributed by atoms with E-state index in [2.05, 4.69) is 43.6 Å². The molecule has 0 saturated heterocycles. The molecule has 0 amide bonds. The summed E-state index contributed by atoms with van der Waals surface area (Å²) in [6.07, 6.45) is 3.79. The summed E-state index contributed by atoms with van der Waals surface area (Å²) in [5.74, 6) is 0.737. The van der Waals surface area contributed by atoms with Crippen LogP contribution in [0.15, 0.2) is 24.3 Å². The summed E-state index contributed by atoms with van der Waals surface area (Å²) in [4.78, 5) is 0. The van der Waals surface area contributed by atoms with Gasteiger partial charge in [0, 0.05) is 6.04 Å². The Kier molecular flexibility index (Phi) is 2.87. The summed E-state index contributed by atoms with van der Waals surface area (Å²) in [6.45, 7) is 2.27. The smallest absolute Gasteiger partial charge is 0.0173 e. The average molecular weight is 189 g/mol. The average Bonchev–Trinajstić information content (AvgIpc) is 2.58. The SMILES string of the molecule is CCC[C@@H]1c2ccccc2CC1NC. The van der Waals surface area contributed by atoms with E-state index in [1.165, 1.54) is 19.3 Å². The van der Waals surface area contributed by atoms with Crippen LogP contribution in [0.5, 0.6) is 0 Å². The van der Waals surface area contributed by atoms with Crippen LogP contribution in [0.1, 0.15) is 36.8 Å². The van der Waals surface area contributed by atoms with E-state index in [9.17, 15) is 0 Å². The summed E-state index contributed by atoms with van der Waals surface area (Å²) >= 11 is 0. The summed E-state index contributed by atoms with van der Waals surface area (Å²) in [5, 5.41) is 3.45. The van der Waals surface area contributed by atoms with E-state index >= 15 is 0 Å². The van der Waals surface area contributed by atoms with Gasteiger partial charge in [0.15, 0.2) is 0 Å². The molecule has 0 heterocycles. The van der Waals surface area contributed by atoms with Crippen molar-refractivity contribution < 1.29 is 0 Å². The Morgan fingerprint density at radius 2 is 2.14 bits per heavy atom. The molecule has 2 rings (SSSR count). The third-order valence-corrected chi connectivity index (χ3v) is 3.35. The maximum atomic E-state index is 3.45. The summed E-state index contributed by atoms with van der Waals surface area (Å²) in [7, 11) is 2.08. The molecule has 0 fully saturated rings. The van der Waals surface area contributed by atoms with Crippen LogP contribution in [0.25, 0.3) is 0 Å². The van der Waals surface area contributed by atoms with Crippen LogP contribution in [0, 0.1) is 0 Å². The quantitative estimate of drug-likeness (QED) is 0.771. The first-order valence-electron chi connectivity index (χ1n) is 5.62. The highest BCUT2D eigenvalue weighted by Gasteiger charge is 2.29. The van der Waals surface area contributed by atoms with E-state index in [1.54, 1.807) is 11.1 Å². The summed E-state index contributed by atoms with van der Waals surface area (Å²) < 4.78 is 0. The molecular weight excluding hydrogens is 170 g/mol. The van der Waals surface area contributed by atoms with Gasteiger partial charge in [-0.05, 0) is 36.9 Å². The first-order valence-corrected chi connectivity index (χ1v) is 5.62. The van der Waals surface area contributed by atoms with Crippen molar-refractivity contribution in [3.05, 3.63) is 35.4 Å². The zero-order valence-corrected chi connectivity index (χ0v) is 9.09. The molecule has 0 aliphatic heterocycles. The highest BCUT2D eigenvalue weighted by atomic mass is 14.9. The number of hydrogen-bond acceptors (Lipinski definition) is 1. The molecule has 1 aliphatic rings. The fourth-order valence-electron chi connectivity index (χ4n) is 2.65. The van der Waals surface area contributed by atoms with E-state index in [0.29, 0.717) is 6.04 Å². The molecule has 1 heteroatoms. The number of likely N-dealkylation sites (N-methyl/N-ethyl adjacent to an activating group) is 1. The lowest BCUT2D eigenvalue weighted by Gasteiger charge is -2.18. The predicted molar refractivity (Wildman–Crippen MR) is 60.6 cm³/mol. The van der Waals surface area contributed by atoms with Gasteiger partial charge < -0.3 is 5.32 Å². The highest BCUT2D eigenvalue weighted by molar-refractivity contribution is 5.37. The minimum Gasteiger partial charge on any atom is -0.316 e. The Balaban J connectivity index is 2.27. The zero-order chi connectivity index (χ0) is 9.97. The number of hydrogen-bond donors (Lipinski definition) is 1. The molecule has 1 aromatic rings. The standard InChI is InChI=1S/C13H19N/c1-3-6-12-11-8-5-4-7-10(11)9-13(12)14-2/h4-5,7-8,12-14H,3,6,9H2,1-2H3/t12-,13?/m1/s1. The molecule has 1 aromatic carbocycles. The lowest BCUT2D eigenvalue weighted by atomic mass is 9.94. The number of nitrogens with one attached hydrogen (secondary N) is 1. The first-order chi connectivity index (χ1) is 6.86. The zero-order valence-electron chi connectivity index (χ0n) is 9.09. The second-order valence-corrected chi connectivity index (χ2v) is 4.19. The van der Waals surface area contributed by atoms with Crippen LogP contribution in [0.2, 0.25) is 0 Å². The summed E-state index contributed by atoms with van der Waals surface area (Å²) in [6, 6.07) is 9.55. The molecule has 2 atom stereocenters. The molecule has 14 heavy (non-hydrogen) atoms. The van der Waals surface area contributed by atoms with Gasteiger partial charge in [-0.2, -0.15) is 0 Å². The molecule has 1 unspecified atom stereocenters. The van der Waals surface area contributed by atoms with Crippen molar-refractivity contribution in [2.24, 2.45) is 0 Å². The van der Waals surface area contributed by atoms with Crippen molar-refractivity contribution in [2.45, 2.75) is 38.1 Å². The second kappa shape index (κ2) is 4.14. The van der Waals surface area contributed by atoms with Crippen molar-refractivity contribution in [3.8, 4) is 0 Å². The topological polar surface area (TPSA) is 12.0 Å². The van der Waals surface area contributed by atoms with E-state index in [0.717, 1.165) is 5.92 Å². The fourth-order valence-corrected chi connectivity index (χ4v) is 2.65. The molecule has 76 valence electrons. The molecular formula is C13H19N. The van der Waals surface area contributed by atoms with E-state index in [4.69, 9.17) is 0 Å². The van der Waals surface area contributed by atoms with Crippen LogP contribution in [0.4, 0.5) is 0 Å². The minimum atomic E-state index is 0.660. The van der Waals surface area contributed by atoms with Crippen LogP contribution >= 0.6 is 0 Å². The van der Waals surface area contributed by atoms with Crippen molar-refractivity contribution in [1.82, 2.24) is 5.32 Å². The summed E-state index contributed by atoms with van der Waals surface area (Å²) in [5.41, 5.74) is 3.12. The van der Waals surface area contributed by atoms with Crippen molar-refractivity contribution >= 4 is 0 Å². The molecule has 1 N–H and O–H groups in total. The Hall–Kier alpha value is -0.820. The van der Waals surface area contributed by atoms with Gasteiger partial charge in [0.2, 0.25) is 0 Å². The van der Waals surface area contributed by atoms with Gasteiger partial charge in [0.1, 0.15) is 0 Å². The normalized spacial score (nSPS) is 25.0. The van der Waals surface area contributed by atoms with Crippen molar-refractivity contribution in [1.29, 1.82) is 0 Å². The molecule has 0 aromatic heterocycles.